The first kappa shape index (κ1) is 13.3. The summed E-state index contributed by atoms with van der Waals surface area (Å²) < 4.78 is 0. The van der Waals surface area contributed by atoms with Crippen LogP contribution in [-0.2, 0) is 6.61 Å². The summed E-state index contributed by atoms with van der Waals surface area (Å²) in [6.45, 7) is 3.05. The Morgan fingerprint density at radius 3 is 2.75 bits per heavy atom. The molecule has 1 N–H and O–H groups in total. The molecular formula is C12H19ClN2O. The molecular weight excluding hydrogens is 224 g/mol. The molecule has 0 aliphatic rings. The van der Waals surface area contributed by atoms with E-state index in [0.29, 0.717) is 10.7 Å². The largest absolute Gasteiger partial charge is 0.390 e. The number of halogens is 1. The lowest BCUT2D eigenvalue weighted by Crippen LogP contribution is -2.20. The highest BCUT2D eigenvalue weighted by Crippen LogP contribution is 2.18. The Bertz CT molecular complexity index is 331. The van der Waals surface area contributed by atoms with Crippen LogP contribution in [0.4, 0.5) is 5.82 Å². The highest BCUT2D eigenvalue weighted by atomic mass is 35.5. The molecule has 1 aromatic rings. The van der Waals surface area contributed by atoms with Crippen molar-refractivity contribution in [2.75, 3.05) is 18.5 Å². The van der Waals surface area contributed by atoms with Crippen molar-refractivity contribution in [2.45, 2.75) is 32.8 Å². The van der Waals surface area contributed by atoms with Crippen LogP contribution in [0, 0.1) is 0 Å². The lowest BCUT2D eigenvalue weighted by atomic mass is 10.2. The molecule has 3 nitrogen and oxygen atoms in total. The van der Waals surface area contributed by atoms with E-state index in [9.17, 15) is 0 Å². The van der Waals surface area contributed by atoms with E-state index in [1.54, 1.807) is 6.07 Å². The molecule has 0 amide bonds. The summed E-state index contributed by atoms with van der Waals surface area (Å²) in [4.78, 5) is 6.40. The Hall–Kier alpha value is -0.800. The van der Waals surface area contributed by atoms with E-state index < -0.39 is 0 Å². The third kappa shape index (κ3) is 3.65. The fraction of sp³-hybridized carbons (Fsp3) is 0.583. The van der Waals surface area contributed by atoms with Crippen molar-refractivity contribution in [1.82, 2.24) is 4.98 Å². The van der Waals surface area contributed by atoms with Gasteiger partial charge in [-0.2, -0.15) is 0 Å². The molecule has 0 aromatic carbocycles. The zero-order valence-electron chi connectivity index (χ0n) is 9.91. The number of unbranched alkanes of at least 4 members (excludes halogenated alkanes) is 2. The number of rotatable bonds is 6. The van der Waals surface area contributed by atoms with Crippen LogP contribution in [0.1, 0.15) is 31.9 Å². The lowest BCUT2D eigenvalue weighted by Gasteiger charge is -2.18. The van der Waals surface area contributed by atoms with Gasteiger partial charge in [0.15, 0.2) is 0 Å². The first-order valence-electron chi connectivity index (χ1n) is 5.66. The number of anilines is 1. The number of aromatic nitrogens is 1. The third-order valence-electron chi connectivity index (χ3n) is 2.54. The number of pyridine rings is 1. The molecule has 0 aliphatic heterocycles. The van der Waals surface area contributed by atoms with Crippen molar-refractivity contribution in [3.05, 3.63) is 22.8 Å². The molecule has 0 bridgehead atoms. The van der Waals surface area contributed by atoms with Gasteiger partial charge in [0.05, 0.1) is 17.3 Å². The molecule has 1 heterocycles. The van der Waals surface area contributed by atoms with Crippen molar-refractivity contribution >= 4 is 17.4 Å². The summed E-state index contributed by atoms with van der Waals surface area (Å²) >= 11 is 5.89. The van der Waals surface area contributed by atoms with Gasteiger partial charge in [-0.1, -0.05) is 31.4 Å². The fourth-order valence-electron chi connectivity index (χ4n) is 1.51. The Kier molecular flexibility index (Phi) is 5.56. The Labute approximate surface area is 102 Å². The molecule has 1 rings (SSSR count). The molecule has 0 atom stereocenters. The van der Waals surface area contributed by atoms with Crippen LogP contribution in [0.3, 0.4) is 0 Å². The molecule has 1 aromatic heterocycles. The Morgan fingerprint density at radius 1 is 1.38 bits per heavy atom. The highest BCUT2D eigenvalue weighted by molar-refractivity contribution is 6.31. The SMILES string of the molecule is CCCCCN(C)c1ccc(Cl)c(CO)n1. The highest BCUT2D eigenvalue weighted by Gasteiger charge is 2.06. The van der Waals surface area contributed by atoms with Crippen LogP contribution in [0.25, 0.3) is 0 Å². The van der Waals surface area contributed by atoms with E-state index in [-0.39, 0.29) is 6.61 Å². The molecule has 0 saturated carbocycles. The second-order valence-corrected chi connectivity index (χ2v) is 4.29. The van der Waals surface area contributed by atoms with E-state index in [4.69, 9.17) is 16.7 Å². The summed E-state index contributed by atoms with van der Waals surface area (Å²) in [6, 6.07) is 3.67. The summed E-state index contributed by atoms with van der Waals surface area (Å²) in [5.74, 6) is 0.865. The van der Waals surface area contributed by atoms with E-state index >= 15 is 0 Å². The first-order chi connectivity index (χ1) is 7.69. The maximum absolute atomic E-state index is 9.07. The van der Waals surface area contributed by atoms with Crippen molar-refractivity contribution in [1.29, 1.82) is 0 Å². The lowest BCUT2D eigenvalue weighted by molar-refractivity contribution is 0.277. The van der Waals surface area contributed by atoms with Crippen molar-refractivity contribution in [3.8, 4) is 0 Å². The number of aliphatic hydroxyl groups is 1. The van der Waals surface area contributed by atoms with Crippen LogP contribution in [0.2, 0.25) is 5.02 Å². The summed E-state index contributed by atoms with van der Waals surface area (Å²) in [7, 11) is 2.01. The number of nitrogens with zero attached hydrogens (tertiary/aromatic N) is 2. The summed E-state index contributed by atoms with van der Waals surface area (Å²) in [5.41, 5.74) is 0.543. The number of hydrogen-bond acceptors (Lipinski definition) is 3. The van der Waals surface area contributed by atoms with Crippen LogP contribution in [-0.4, -0.2) is 23.7 Å². The Morgan fingerprint density at radius 2 is 2.12 bits per heavy atom. The van der Waals surface area contributed by atoms with Gasteiger partial charge in [-0.3, -0.25) is 0 Å². The maximum Gasteiger partial charge on any atom is 0.128 e. The standard InChI is InChI=1S/C12H19ClN2O/c1-3-4-5-8-15(2)12-7-6-10(13)11(9-16)14-12/h6-7,16H,3-5,8-9H2,1-2H3. The van der Waals surface area contributed by atoms with Gasteiger partial charge in [0.1, 0.15) is 5.82 Å². The van der Waals surface area contributed by atoms with Gasteiger partial charge >= 0.3 is 0 Å². The molecule has 0 spiro atoms. The second kappa shape index (κ2) is 6.71. The van der Waals surface area contributed by atoms with Crippen LogP contribution >= 0.6 is 11.6 Å². The minimum absolute atomic E-state index is 0.116. The van der Waals surface area contributed by atoms with Crippen molar-refractivity contribution in [3.63, 3.8) is 0 Å². The maximum atomic E-state index is 9.07. The Balaban J connectivity index is 2.64. The van der Waals surface area contributed by atoms with Gasteiger partial charge < -0.3 is 10.0 Å². The average molecular weight is 243 g/mol. The second-order valence-electron chi connectivity index (χ2n) is 3.88. The summed E-state index contributed by atoms with van der Waals surface area (Å²) in [5, 5.41) is 9.59. The predicted molar refractivity (Wildman–Crippen MR) is 68.0 cm³/mol. The molecule has 90 valence electrons. The van der Waals surface area contributed by atoms with Gasteiger partial charge in [0.25, 0.3) is 0 Å². The molecule has 4 heteroatoms. The van der Waals surface area contributed by atoms with Crippen molar-refractivity contribution in [2.24, 2.45) is 0 Å². The molecule has 16 heavy (non-hydrogen) atoms. The average Bonchev–Trinajstić information content (AvgIpc) is 2.30. The normalized spacial score (nSPS) is 10.5. The number of hydrogen-bond donors (Lipinski definition) is 1. The first-order valence-corrected chi connectivity index (χ1v) is 6.04. The van der Waals surface area contributed by atoms with Crippen LogP contribution in [0.15, 0.2) is 12.1 Å². The molecule has 0 saturated heterocycles. The zero-order valence-corrected chi connectivity index (χ0v) is 10.7. The number of aliphatic hydroxyl groups excluding tert-OH is 1. The van der Waals surface area contributed by atoms with Crippen molar-refractivity contribution < 1.29 is 5.11 Å². The van der Waals surface area contributed by atoms with Gasteiger partial charge in [-0.25, -0.2) is 4.98 Å². The van der Waals surface area contributed by atoms with Crippen LogP contribution < -0.4 is 4.90 Å². The monoisotopic (exact) mass is 242 g/mol. The minimum Gasteiger partial charge on any atom is -0.390 e. The van der Waals surface area contributed by atoms with E-state index in [0.717, 1.165) is 18.8 Å². The van der Waals surface area contributed by atoms with Crippen LogP contribution in [0.5, 0.6) is 0 Å². The van der Waals surface area contributed by atoms with Gasteiger partial charge in [0, 0.05) is 13.6 Å². The molecule has 0 aliphatic carbocycles. The molecule has 0 fully saturated rings. The molecule has 0 radical (unpaired) electrons. The minimum atomic E-state index is -0.116. The van der Waals surface area contributed by atoms with Gasteiger partial charge in [-0.05, 0) is 18.6 Å². The topological polar surface area (TPSA) is 36.4 Å². The third-order valence-corrected chi connectivity index (χ3v) is 2.89. The fourth-order valence-corrected chi connectivity index (χ4v) is 1.67. The van der Waals surface area contributed by atoms with Gasteiger partial charge in [0.2, 0.25) is 0 Å². The smallest absolute Gasteiger partial charge is 0.128 e. The molecule has 0 unspecified atom stereocenters. The summed E-state index contributed by atoms with van der Waals surface area (Å²) in [6.07, 6.45) is 3.60. The quantitative estimate of drug-likeness (QED) is 0.780. The predicted octanol–water partition coefficient (Wildman–Crippen LogP) is 2.85. The van der Waals surface area contributed by atoms with E-state index in [1.165, 1.54) is 12.8 Å². The zero-order chi connectivity index (χ0) is 12.0. The van der Waals surface area contributed by atoms with E-state index in [1.807, 2.05) is 13.1 Å². The van der Waals surface area contributed by atoms with E-state index in [2.05, 4.69) is 16.8 Å². The van der Waals surface area contributed by atoms with Gasteiger partial charge in [-0.15, -0.1) is 0 Å².